The van der Waals surface area contributed by atoms with Crippen LogP contribution in [-0.2, 0) is 0 Å². The van der Waals surface area contributed by atoms with Gasteiger partial charge in [0, 0.05) is 35.2 Å². The summed E-state index contributed by atoms with van der Waals surface area (Å²) in [6, 6.07) is 6.32. The van der Waals surface area contributed by atoms with Crippen LogP contribution in [0.2, 0.25) is 10.0 Å². The molecule has 2 unspecified atom stereocenters. The number of rotatable bonds is 5. The van der Waals surface area contributed by atoms with E-state index in [9.17, 15) is 4.79 Å². The zero-order valence-electron chi connectivity index (χ0n) is 22.1. The van der Waals surface area contributed by atoms with E-state index in [1.807, 2.05) is 26.8 Å². The molecule has 3 aromatic rings. The molecule has 10 heteroatoms. The second kappa shape index (κ2) is 12.0. The Hall–Kier alpha value is -2.42. The van der Waals surface area contributed by atoms with E-state index < -0.39 is 5.91 Å². The lowest BCUT2D eigenvalue weighted by atomic mass is 9.96. The smallest absolute Gasteiger partial charge is 0.271 e. The predicted octanol–water partition coefficient (Wildman–Crippen LogP) is 5.71. The Morgan fingerprint density at radius 3 is 2.49 bits per heavy atom. The number of benzene rings is 1. The molecule has 37 heavy (non-hydrogen) atoms. The Morgan fingerprint density at radius 1 is 1.11 bits per heavy atom. The van der Waals surface area contributed by atoms with Crippen LogP contribution >= 0.6 is 23.2 Å². The molecule has 200 valence electrons. The molecule has 1 amide bonds. The van der Waals surface area contributed by atoms with Crippen molar-refractivity contribution in [3.63, 3.8) is 0 Å². The fourth-order valence-electron chi connectivity index (χ4n) is 5.55. The van der Waals surface area contributed by atoms with Gasteiger partial charge in [-0.05, 0) is 63.8 Å². The second-order valence-electron chi connectivity index (χ2n) is 9.70. The maximum atomic E-state index is 12.1. The molecular weight excluding hydrogens is 509 g/mol. The Kier molecular flexibility index (Phi) is 8.93. The average molecular weight is 547 g/mol. The van der Waals surface area contributed by atoms with Crippen molar-refractivity contribution in [2.45, 2.75) is 77.9 Å². The molecule has 4 heterocycles. The van der Waals surface area contributed by atoms with E-state index in [2.05, 4.69) is 26.8 Å². The number of anilines is 1. The van der Waals surface area contributed by atoms with Gasteiger partial charge in [-0.3, -0.25) is 9.69 Å². The fourth-order valence-corrected chi connectivity index (χ4v) is 6.12. The summed E-state index contributed by atoms with van der Waals surface area (Å²) in [5, 5.41) is 5.57. The van der Waals surface area contributed by atoms with Gasteiger partial charge in [0.15, 0.2) is 11.3 Å². The number of primary amides is 1. The van der Waals surface area contributed by atoms with Crippen LogP contribution in [0.3, 0.4) is 0 Å². The first-order chi connectivity index (χ1) is 17.8. The second-order valence-corrected chi connectivity index (χ2v) is 10.5. The van der Waals surface area contributed by atoms with Crippen LogP contribution in [0.25, 0.3) is 11.2 Å². The molecule has 2 saturated heterocycles. The molecule has 5 rings (SSSR count). The third-order valence-corrected chi connectivity index (χ3v) is 8.08. The summed E-state index contributed by atoms with van der Waals surface area (Å²) in [6.45, 7) is 11.4. The number of carbonyl (C=O) groups excluding carboxylic acids is 1. The maximum Gasteiger partial charge on any atom is 0.271 e. The maximum absolute atomic E-state index is 12.1. The highest BCUT2D eigenvalue weighted by Gasteiger charge is 2.30. The molecule has 2 aromatic heterocycles. The number of fused-ring (bicyclic) bond motifs is 1. The Labute approximate surface area is 229 Å². The Balaban J connectivity index is 0.00000156. The first-order valence-corrected chi connectivity index (χ1v) is 14.1. The molecule has 0 spiro atoms. The largest absolute Gasteiger partial charge is 0.364 e. The van der Waals surface area contributed by atoms with Crippen molar-refractivity contribution in [2.75, 3.05) is 24.5 Å². The van der Waals surface area contributed by atoms with E-state index in [1.165, 1.54) is 25.8 Å². The van der Waals surface area contributed by atoms with Gasteiger partial charge in [0.05, 0.1) is 12.2 Å². The van der Waals surface area contributed by atoms with Crippen LogP contribution in [-0.4, -0.2) is 62.3 Å². The van der Waals surface area contributed by atoms with E-state index in [4.69, 9.17) is 33.9 Å². The fraction of sp³-hybridized carbons (Fsp3) is 0.556. The standard InChI is InChI=1S/C25H31Cl2N7O.C2H6/c1-15-5-3-4-10-33(15)18-8-11-32(12-9-18)21-14-29-23-22(24(28)35)31-34(25(23)30-21)16(2)19-7-6-17(26)13-20(19)27;1-2/h6-7,13-16,18H,3-5,8-12H2,1-2H3,(H2,28,35);1-2H3. The predicted molar refractivity (Wildman–Crippen MR) is 151 cm³/mol. The molecule has 8 nitrogen and oxygen atoms in total. The summed E-state index contributed by atoms with van der Waals surface area (Å²) in [5.41, 5.74) is 7.46. The van der Waals surface area contributed by atoms with Crippen molar-refractivity contribution in [2.24, 2.45) is 5.73 Å². The Bertz CT molecular complexity index is 1240. The van der Waals surface area contributed by atoms with E-state index in [0.29, 0.717) is 33.3 Å². The highest BCUT2D eigenvalue weighted by Crippen LogP contribution is 2.32. The van der Waals surface area contributed by atoms with Crippen LogP contribution in [0, 0.1) is 0 Å². The molecule has 2 N–H and O–H groups in total. The number of carbonyl (C=O) groups is 1. The molecule has 0 bridgehead atoms. The third kappa shape index (κ3) is 5.71. The SMILES string of the molecule is CC.CC1CCCCN1C1CCN(c2cnc3c(C(N)=O)nn(C(C)c4ccc(Cl)cc4Cl)c3n2)CC1. The highest BCUT2D eigenvalue weighted by atomic mass is 35.5. The number of piperidine rings is 2. The minimum absolute atomic E-state index is 0.105. The molecule has 0 aliphatic carbocycles. The van der Waals surface area contributed by atoms with Crippen molar-refractivity contribution in [3.05, 3.63) is 45.7 Å². The molecular formula is C27H37Cl2N7O. The van der Waals surface area contributed by atoms with Gasteiger partial charge < -0.3 is 10.6 Å². The summed E-state index contributed by atoms with van der Waals surface area (Å²) in [6.07, 6.45) is 7.87. The lowest BCUT2D eigenvalue weighted by Gasteiger charge is -2.43. The number of hydrogen-bond donors (Lipinski definition) is 1. The molecule has 2 aliphatic rings. The molecule has 1 aromatic carbocycles. The topological polar surface area (TPSA) is 93.2 Å². The van der Waals surface area contributed by atoms with E-state index in [-0.39, 0.29) is 11.7 Å². The number of halogens is 2. The number of amides is 1. The minimum Gasteiger partial charge on any atom is -0.364 e. The minimum atomic E-state index is -0.637. The zero-order valence-corrected chi connectivity index (χ0v) is 23.6. The van der Waals surface area contributed by atoms with Gasteiger partial charge in [-0.1, -0.05) is 49.5 Å². The third-order valence-electron chi connectivity index (χ3n) is 7.52. The average Bonchev–Trinajstić information content (AvgIpc) is 3.29. The highest BCUT2D eigenvalue weighted by molar-refractivity contribution is 6.35. The summed E-state index contributed by atoms with van der Waals surface area (Å²) >= 11 is 12.6. The first-order valence-electron chi connectivity index (χ1n) is 13.3. The Morgan fingerprint density at radius 2 is 1.84 bits per heavy atom. The van der Waals surface area contributed by atoms with Crippen LogP contribution in [0.5, 0.6) is 0 Å². The molecule has 2 fully saturated rings. The molecule has 0 saturated carbocycles. The number of nitrogens with zero attached hydrogens (tertiary/aromatic N) is 6. The van der Waals surface area contributed by atoms with Crippen molar-refractivity contribution in [1.29, 1.82) is 0 Å². The van der Waals surface area contributed by atoms with E-state index >= 15 is 0 Å². The van der Waals surface area contributed by atoms with E-state index in [1.54, 1.807) is 23.0 Å². The molecule has 2 atom stereocenters. The van der Waals surface area contributed by atoms with Crippen molar-refractivity contribution < 1.29 is 4.79 Å². The number of aromatic nitrogens is 4. The van der Waals surface area contributed by atoms with Gasteiger partial charge in [-0.25, -0.2) is 14.6 Å². The normalized spacial score (nSPS) is 19.9. The monoisotopic (exact) mass is 545 g/mol. The van der Waals surface area contributed by atoms with Crippen molar-refractivity contribution in [3.8, 4) is 0 Å². The van der Waals surface area contributed by atoms with Gasteiger partial charge in [0.1, 0.15) is 11.3 Å². The van der Waals surface area contributed by atoms with Gasteiger partial charge in [-0.15, -0.1) is 0 Å². The van der Waals surface area contributed by atoms with Crippen LogP contribution in [0.4, 0.5) is 5.82 Å². The van der Waals surface area contributed by atoms with Gasteiger partial charge in [0.2, 0.25) is 0 Å². The summed E-state index contributed by atoms with van der Waals surface area (Å²) in [4.78, 5) is 26.6. The molecule has 0 radical (unpaired) electrons. The number of nitrogens with two attached hydrogens (primary N) is 1. The van der Waals surface area contributed by atoms with Crippen LogP contribution in [0.15, 0.2) is 24.4 Å². The van der Waals surface area contributed by atoms with Crippen molar-refractivity contribution >= 4 is 46.1 Å². The lowest BCUT2D eigenvalue weighted by Crippen LogP contribution is -2.50. The zero-order chi connectivity index (χ0) is 26.7. The summed E-state index contributed by atoms with van der Waals surface area (Å²) in [5.74, 6) is 0.149. The quantitative estimate of drug-likeness (QED) is 0.441. The van der Waals surface area contributed by atoms with Gasteiger partial charge in [-0.2, -0.15) is 5.10 Å². The van der Waals surface area contributed by atoms with Crippen molar-refractivity contribution in [1.82, 2.24) is 24.6 Å². The van der Waals surface area contributed by atoms with Gasteiger partial charge >= 0.3 is 0 Å². The van der Waals surface area contributed by atoms with Crippen LogP contribution in [0.1, 0.15) is 81.9 Å². The van der Waals surface area contributed by atoms with Crippen LogP contribution < -0.4 is 10.6 Å². The van der Waals surface area contributed by atoms with E-state index in [0.717, 1.165) is 37.3 Å². The summed E-state index contributed by atoms with van der Waals surface area (Å²) in [7, 11) is 0. The number of hydrogen-bond acceptors (Lipinski definition) is 6. The molecule has 2 aliphatic heterocycles. The number of likely N-dealkylation sites (tertiary alicyclic amines) is 1. The first kappa shape index (κ1) is 27.6. The summed E-state index contributed by atoms with van der Waals surface area (Å²) < 4.78 is 1.68. The van der Waals surface area contributed by atoms with Gasteiger partial charge in [0.25, 0.3) is 5.91 Å². The lowest BCUT2D eigenvalue weighted by molar-refractivity contribution is 0.0896.